The zero-order chi connectivity index (χ0) is 13.1. The number of nitrogens with two attached hydrogens (primary N) is 1. The summed E-state index contributed by atoms with van der Waals surface area (Å²) in [6, 6.07) is 6.85. The van der Waals surface area contributed by atoms with Crippen LogP contribution in [0.5, 0.6) is 5.75 Å². The molecule has 0 saturated heterocycles. The zero-order valence-electron chi connectivity index (χ0n) is 10.3. The standard InChI is InChI=1S/C10H12O3.C3H7N/c1-3-13-9-6-4-8(5-7-9)10(11)12-2;1-2-3-4/h4-7H,3H2,1-2H3;2H,1,3-4H2. The highest BCUT2D eigenvalue weighted by atomic mass is 16.5. The number of carbonyl (C=O) groups is 1. The fourth-order valence-electron chi connectivity index (χ4n) is 0.972. The summed E-state index contributed by atoms with van der Waals surface area (Å²) in [6.45, 7) is 6.47. The summed E-state index contributed by atoms with van der Waals surface area (Å²) in [6.07, 6.45) is 1.65. The number of hydrogen-bond donors (Lipinski definition) is 1. The summed E-state index contributed by atoms with van der Waals surface area (Å²) in [4.78, 5) is 11.0. The van der Waals surface area contributed by atoms with Crippen LogP contribution in [-0.4, -0.2) is 26.2 Å². The van der Waals surface area contributed by atoms with Crippen molar-refractivity contribution in [2.75, 3.05) is 20.3 Å². The number of esters is 1. The Balaban J connectivity index is 0.000000557. The van der Waals surface area contributed by atoms with Crippen molar-refractivity contribution >= 4 is 5.97 Å². The molecule has 0 radical (unpaired) electrons. The van der Waals surface area contributed by atoms with Crippen LogP contribution in [0.2, 0.25) is 0 Å². The van der Waals surface area contributed by atoms with Crippen molar-refractivity contribution in [2.45, 2.75) is 6.92 Å². The van der Waals surface area contributed by atoms with E-state index in [1.807, 2.05) is 6.92 Å². The molecule has 0 saturated carbocycles. The summed E-state index contributed by atoms with van der Waals surface area (Å²) < 4.78 is 9.78. The van der Waals surface area contributed by atoms with E-state index in [-0.39, 0.29) is 5.97 Å². The average Bonchev–Trinajstić information content (AvgIpc) is 2.39. The van der Waals surface area contributed by atoms with Gasteiger partial charge in [0.05, 0.1) is 19.3 Å². The van der Waals surface area contributed by atoms with Crippen LogP contribution in [0.4, 0.5) is 0 Å². The van der Waals surface area contributed by atoms with Gasteiger partial charge in [-0.15, -0.1) is 6.58 Å². The lowest BCUT2D eigenvalue weighted by Crippen LogP contribution is -2.00. The molecule has 1 rings (SSSR count). The minimum Gasteiger partial charge on any atom is -0.494 e. The molecule has 4 heteroatoms. The second-order valence-electron chi connectivity index (χ2n) is 2.97. The number of methoxy groups -OCH3 is 1. The fourth-order valence-corrected chi connectivity index (χ4v) is 0.972. The van der Waals surface area contributed by atoms with Crippen molar-refractivity contribution in [1.29, 1.82) is 0 Å². The highest BCUT2D eigenvalue weighted by Gasteiger charge is 2.03. The summed E-state index contributed by atoms with van der Waals surface area (Å²) >= 11 is 0. The molecule has 0 unspecified atom stereocenters. The Kier molecular flexibility index (Phi) is 8.42. The number of hydrogen-bond acceptors (Lipinski definition) is 4. The normalized spacial score (nSPS) is 8.65. The van der Waals surface area contributed by atoms with Crippen LogP contribution >= 0.6 is 0 Å². The predicted octanol–water partition coefficient (Wildman–Crippen LogP) is 2.00. The van der Waals surface area contributed by atoms with E-state index in [1.165, 1.54) is 7.11 Å². The number of benzene rings is 1. The molecule has 0 aliphatic heterocycles. The maximum atomic E-state index is 11.0. The maximum absolute atomic E-state index is 11.0. The molecule has 1 aromatic rings. The first kappa shape index (κ1) is 15.2. The van der Waals surface area contributed by atoms with Crippen LogP contribution in [-0.2, 0) is 4.74 Å². The minimum atomic E-state index is -0.331. The monoisotopic (exact) mass is 237 g/mol. The van der Waals surface area contributed by atoms with Crippen molar-refractivity contribution < 1.29 is 14.3 Å². The zero-order valence-corrected chi connectivity index (χ0v) is 10.3. The van der Waals surface area contributed by atoms with E-state index in [4.69, 9.17) is 10.5 Å². The first-order valence-corrected chi connectivity index (χ1v) is 5.31. The molecule has 4 nitrogen and oxygen atoms in total. The van der Waals surface area contributed by atoms with E-state index in [0.29, 0.717) is 18.7 Å². The number of rotatable bonds is 4. The average molecular weight is 237 g/mol. The lowest BCUT2D eigenvalue weighted by Gasteiger charge is -2.03. The van der Waals surface area contributed by atoms with Gasteiger partial charge in [-0.1, -0.05) is 6.08 Å². The third-order valence-corrected chi connectivity index (χ3v) is 1.75. The van der Waals surface area contributed by atoms with Gasteiger partial charge >= 0.3 is 5.97 Å². The van der Waals surface area contributed by atoms with Gasteiger partial charge in [0.2, 0.25) is 0 Å². The largest absolute Gasteiger partial charge is 0.494 e. The minimum absolute atomic E-state index is 0.331. The van der Waals surface area contributed by atoms with Gasteiger partial charge in [-0.25, -0.2) is 4.79 Å². The van der Waals surface area contributed by atoms with Crippen molar-refractivity contribution in [3.8, 4) is 5.75 Å². The molecule has 0 spiro atoms. The third kappa shape index (κ3) is 6.37. The van der Waals surface area contributed by atoms with E-state index in [9.17, 15) is 4.79 Å². The Bertz CT molecular complexity index is 333. The van der Waals surface area contributed by atoms with Crippen LogP contribution in [0.15, 0.2) is 36.9 Å². The summed E-state index contributed by atoms with van der Waals surface area (Å²) in [5, 5.41) is 0. The number of carbonyl (C=O) groups excluding carboxylic acids is 1. The molecule has 0 fully saturated rings. The highest BCUT2D eigenvalue weighted by molar-refractivity contribution is 5.89. The molecule has 0 aliphatic rings. The molecule has 94 valence electrons. The van der Waals surface area contributed by atoms with E-state index in [0.717, 1.165) is 5.75 Å². The molecule has 0 aliphatic carbocycles. The van der Waals surface area contributed by atoms with Crippen LogP contribution in [0.3, 0.4) is 0 Å². The molecule has 0 aromatic heterocycles. The highest BCUT2D eigenvalue weighted by Crippen LogP contribution is 2.12. The quantitative estimate of drug-likeness (QED) is 0.642. The second kappa shape index (κ2) is 9.42. The Morgan fingerprint density at radius 3 is 2.29 bits per heavy atom. The summed E-state index contributed by atoms with van der Waals surface area (Å²) in [5.74, 6) is 0.429. The van der Waals surface area contributed by atoms with Gasteiger partial charge in [0.15, 0.2) is 0 Å². The first-order valence-electron chi connectivity index (χ1n) is 5.31. The second-order valence-corrected chi connectivity index (χ2v) is 2.97. The van der Waals surface area contributed by atoms with Crippen molar-refractivity contribution in [3.63, 3.8) is 0 Å². The van der Waals surface area contributed by atoms with E-state index < -0.39 is 0 Å². The third-order valence-electron chi connectivity index (χ3n) is 1.75. The molecule has 0 amide bonds. The Morgan fingerprint density at radius 2 is 1.94 bits per heavy atom. The Hall–Kier alpha value is -1.81. The topological polar surface area (TPSA) is 61.5 Å². The van der Waals surface area contributed by atoms with Gasteiger partial charge in [-0.2, -0.15) is 0 Å². The molecule has 2 N–H and O–H groups in total. The Labute approximate surface area is 102 Å². The smallest absolute Gasteiger partial charge is 0.337 e. The van der Waals surface area contributed by atoms with Crippen molar-refractivity contribution in [2.24, 2.45) is 5.73 Å². The summed E-state index contributed by atoms with van der Waals surface area (Å²) in [5.41, 5.74) is 5.44. The van der Waals surface area contributed by atoms with E-state index in [1.54, 1.807) is 30.3 Å². The molecule has 1 aromatic carbocycles. The van der Waals surface area contributed by atoms with Gasteiger partial charge < -0.3 is 15.2 Å². The molecular formula is C13H19NO3. The SMILES string of the molecule is C=CCN.CCOc1ccc(C(=O)OC)cc1. The molecule has 0 bridgehead atoms. The molecule has 0 atom stereocenters. The van der Waals surface area contributed by atoms with Crippen molar-refractivity contribution in [3.05, 3.63) is 42.5 Å². The van der Waals surface area contributed by atoms with Gasteiger partial charge in [-0.05, 0) is 31.2 Å². The molecule has 0 heterocycles. The van der Waals surface area contributed by atoms with E-state index in [2.05, 4.69) is 11.3 Å². The summed E-state index contributed by atoms with van der Waals surface area (Å²) in [7, 11) is 1.36. The van der Waals surface area contributed by atoms with Gasteiger partial charge in [0.25, 0.3) is 0 Å². The Morgan fingerprint density at radius 1 is 1.41 bits per heavy atom. The fraction of sp³-hybridized carbons (Fsp3) is 0.308. The lowest BCUT2D eigenvalue weighted by atomic mass is 10.2. The first-order chi connectivity index (χ1) is 8.19. The molecule has 17 heavy (non-hydrogen) atoms. The van der Waals surface area contributed by atoms with Gasteiger partial charge in [0.1, 0.15) is 5.75 Å². The molecular weight excluding hydrogens is 218 g/mol. The van der Waals surface area contributed by atoms with Gasteiger partial charge in [0, 0.05) is 6.54 Å². The maximum Gasteiger partial charge on any atom is 0.337 e. The number of ether oxygens (including phenoxy) is 2. The van der Waals surface area contributed by atoms with Gasteiger partial charge in [-0.3, -0.25) is 0 Å². The lowest BCUT2D eigenvalue weighted by molar-refractivity contribution is 0.0600. The van der Waals surface area contributed by atoms with Crippen LogP contribution in [0.1, 0.15) is 17.3 Å². The van der Waals surface area contributed by atoms with Crippen molar-refractivity contribution in [1.82, 2.24) is 0 Å². The van der Waals surface area contributed by atoms with Crippen LogP contribution in [0, 0.1) is 0 Å². The van der Waals surface area contributed by atoms with Crippen LogP contribution in [0.25, 0.3) is 0 Å². The predicted molar refractivity (Wildman–Crippen MR) is 68.2 cm³/mol. The van der Waals surface area contributed by atoms with Crippen LogP contribution < -0.4 is 10.5 Å². The van der Waals surface area contributed by atoms with E-state index >= 15 is 0 Å².